The summed E-state index contributed by atoms with van der Waals surface area (Å²) in [6.07, 6.45) is 5.76. The molecule has 0 bridgehead atoms. The Bertz CT molecular complexity index is 612. The van der Waals surface area contributed by atoms with E-state index in [9.17, 15) is 24.0 Å². The van der Waals surface area contributed by atoms with Crippen LogP contribution >= 0.6 is 0 Å². The van der Waals surface area contributed by atoms with E-state index in [1.165, 1.54) is 0 Å². The Morgan fingerprint density at radius 1 is 1.03 bits per heavy atom. The highest BCUT2D eigenvalue weighted by atomic mass is 16.2. The lowest BCUT2D eigenvalue weighted by Crippen LogP contribution is -2.64. The van der Waals surface area contributed by atoms with Gasteiger partial charge >= 0.3 is 6.03 Å². The van der Waals surface area contributed by atoms with Gasteiger partial charge in [-0.15, -0.1) is 0 Å². The average Bonchev–Trinajstić information content (AvgIpc) is 2.69. The number of carbonyl (C=O) groups excluding carboxylic acids is 5. The van der Waals surface area contributed by atoms with Crippen LogP contribution in [0.1, 0.15) is 58.3 Å². The van der Waals surface area contributed by atoms with Crippen LogP contribution in [0.4, 0.5) is 4.79 Å². The zero-order valence-corrected chi connectivity index (χ0v) is 17.0. The maximum atomic E-state index is 12.9. The SMILES string of the molecule is CCCCCCCCC1(CC(=O)N(C=O)N2CCNCC2)C(=O)NC(=O)NC1=O. The van der Waals surface area contributed by atoms with Crippen LogP contribution in [-0.4, -0.2) is 66.4 Å². The Balaban J connectivity index is 2.10. The van der Waals surface area contributed by atoms with Crippen molar-refractivity contribution in [3.8, 4) is 0 Å². The molecule has 0 spiro atoms. The fraction of sp³-hybridized carbons (Fsp3) is 0.737. The minimum atomic E-state index is -1.69. The van der Waals surface area contributed by atoms with Crippen molar-refractivity contribution < 1.29 is 24.0 Å². The fourth-order valence-electron chi connectivity index (χ4n) is 3.75. The zero-order valence-electron chi connectivity index (χ0n) is 17.0. The van der Waals surface area contributed by atoms with Gasteiger partial charge in [0, 0.05) is 26.2 Å². The first-order valence-electron chi connectivity index (χ1n) is 10.3. The number of amides is 6. The zero-order chi connectivity index (χ0) is 21.3. The minimum absolute atomic E-state index is 0.143. The molecular weight excluding hydrogens is 378 g/mol. The molecule has 2 fully saturated rings. The maximum Gasteiger partial charge on any atom is 0.328 e. The molecule has 2 aliphatic heterocycles. The van der Waals surface area contributed by atoms with E-state index in [1.54, 1.807) is 5.01 Å². The van der Waals surface area contributed by atoms with E-state index in [-0.39, 0.29) is 6.42 Å². The summed E-state index contributed by atoms with van der Waals surface area (Å²) in [4.78, 5) is 61.3. The number of imide groups is 3. The third-order valence-corrected chi connectivity index (χ3v) is 5.49. The molecule has 0 atom stereocenters. The van der Waals surface area contributed by atoms with Crippen LogP contribution in [0.5, 0.6) is 0 Å². The molecular formula is C19H31N5O5. The van der Waals surface area contributed by atoms with Crippen molar-refractivity contribution in [3.05, 3.63) is 0 Å². The van der Waals surface area contributed by atoms with Crippen LogP contribution < -0.4 is 16.0 Å². The van der Waals surface area contributed by atoms with Gasteiger partial charge in [0.25, 0.3) is 0 Å². The number of nitrogens with zero attached hydrogens (tertiary/aromatic N) is 2. The van der Waals surface area contributed by atoms with Crippen molar-refractivity contribution >= 4 is 30.2 Å². The van der Waals surface area contributed by atoms with Crippen LogP contribution in [-0.2, 0) is 19.2 Å². The molecule has 29 heavy (non-hydrogen) atoms. The second-order valence-corrected chi connectivity index (χ2v) is 7.56. The molecule has 0 aromatic carbocycles. The van der Waals surface area contributed by atoms with Gasteiger partial charge in [0.2, 0.25) is 24.1 Å². The highest BCUT2D eigenvalue weighted by molar-refractivity contribution is 6.20. The highest BCUT2D eigenvalue weighted by Gasteiger charge is 2.52. The molecule has 2 aliphatic rings. The van der Waals surface area contributed by atoms with Crippen molar-refractivity contribution in [3.63, 3.8) is 0 Å². The van der Waals surface area contributed by atoms with Crippen molar-refractivity contribution in [2.75, 3.05) is 26.2 Å². The van der Waals surface area contributed by atoms with Crippen molar-refractivity contribution in [1.29, 1.82) is 0 Å². The van der Waals surface area contributed by atoms with Crippen molar-refractivity contribution in [1.82, 2.24) is 26.0 Å². The largest absolute Gasteiger partial charge is 0.328 e. The van der Waals surface area contributed by atoms with E-state index >= 15 is 0 Å². The fourth-order valence-corrected chi connectivity index (χ4v) is 3.75. The minimum Gasteiger partial charge on any atom is -0.314 e. The van der Waals surface area contributed by atoms with Gasteiger partial charge in [-0.05, 0) is 6.42 Å². The Morgan fingerprint density at radius 2 is 1.62 bits per heavy atom. The van der Waals surface area contributed by atoms with E-state index < -0.39 is 35.6 Å². The smallest absolute Gasteiger partial charge is 0.314 e. The van der Waals surface area contributed by atoms with Crippen molar-refractivity contribution in [2.24, 2.45) is 5.41 Å². The summed E-state index contributed by atoms with van der Waals surface area (Å²) < 4.78 is 0. The van der Waals surface area contributed by atoms with Crippen molar-refractivity contribution in [2.45, 2.75) is 58.3 Å². The summed E-state index contributed by atoms with van der Waals surface area (Å²) in [5, 5.41) is 9.89. The predicted molar refractivity (Wildman–Crippen MR) is 104 cm³/mol. The third kappa shape index (κ3) is 5.83. The number of piperazine rings is 1. The molecule has 0 unspecified atom stereocenters. The molecule has 2 rings (SSSR count). The lowest BCUT2D eigenvalue weighted by Gasteiger charge is -2.37. The van der Waals surface area contributed by atoms with E-state index in [0.29, 0.717) is 39.0 Å². The molecule has 0 saturated carbocycles. The van der Waals surface area contributed by atoms with E-state index in [4.69, 9.17) is 0 Å². The number of nitrogens with one attached hydrogen (secondary N) is 3. The second kappa shape index (κ2) is 11.0. The molecule has 10 nitrogen and oxygen atoms in total. The summed E-state index contributed by atoms with van der Waals surface area (Å²) in [6, 6.07) is -0.889. The van der Waals surface area contributed by atoms with Gasteiger partial charge in [0.15, 0.2) is 0 Å². The van der Waals surface area contributed by atoms with Gasteiger partial charge in [-0.25, -0.2) is 14.8 Å². The summed E-state index contributed by atoms with van der Waals surface area (Å²) >= 11 is 0. The van der Waals surface area contributed by atoms with Crippen LogP contribution in [0.25, 0.3) is 0 Å². The van der Waals surface area contributed by atoms with E-state index in [0.717, 1.165) is 37.1 Å². The molecule has 0 aromatic rings. The Labute approximate surface area is 170 Å². The molecule has 6 amide bonds. The first kappa shape index (κ1) is 23.0. The summed E-state index contributed by atoms with van der Waals surface area (Å²) in [5.74, 6) is -2.19. The van der Waals surface area contributed by atoms with Crippen LogP contribution in [0.2, 0.25) is 0 Å². The number of barbiturate groups is 1. The predicted octanol–water partition coefficient (Wildman–Crippen LogP) is 0.285. The Hall–Kier alpha value is -2.33. The highest BCUT2D eigenvalue weighted by Crippen LogP contribution is 2.33. The quantitative estimate of drug-likeness (QED) is 0.254. The number of unbranched alkanes of at least 4 members (excludes halogenated alkanes) is 5. The van der Waals surface area contributed by atoms with Crippen LogP contribution in [0.3, 0.4) is 0 Å². The van der Waals surface area contributed by atoms with Gasteiger partial charge < -0.3 is 5.32 Å². The van der Waals surface area contributed by atoms with Gasteiger partial charge in [-0.1, -0.05) is 45.4 Å². The van der Waals surface area contributed by atoms with Gasteiger partial charge in [-0.2, -0.15) is 0 Å². The maximum absolute atomic E-state index is 12.9. The van der Waals surface area contributed by atoms with Crippen LogP contribution in [0.15, 0.2) is 0 Å². The number of urea groups is 1. The standard InChI is InChI=1S/C19H31N5O5/c1-2-3-4-5-6-7-8-19(16(27)21-18(29)22-17(19)28)13-15(26)24(14-25)23-11-9-20-10-12-23/h14,20H,2-13H2,1H3,(H2,21,22,27,28,29). The number of hydrogen-bond acceptors (Lipinski definition) is 7. The molecule has 0 radical (unpaired) electrons. The molecule has 0 aliphatic carbocycles. The third-order valence-electron chi connectivity index (χ3n) is 5.49. The average molecular weight is 409 g/mol. The van der Waals surface area contributed by atoms with E-state index in [2.05, 4.69) is 22.9 Å². The number of hydrogen-bond donors (Lipinski definition) is 3. The Morgan fingerprint density at radius 3 is 2.21 bits per heavy atom. The summed E-state index contributed by atoms with van der Waals surface area (Å²) in [7, 11) is 0. The first-order valence-corrected chi connectivity index (χ1v) is 10.3. The molecule has 162 valence electrons. The van der Waals surface area contributed by atoms with Crippen LogP contribution in [0, 0.1) is 5.41 Å². The summed E-state index contributed by atoms with van der Waals surface area (Å²) in [5.41, 5.74) is -1.69. The lowest BCUT2D eigenvalue weighted by molar-refractivity contribution is -0.164. The summed E-state index contributed by atoms with van der Waals surface area (Å²) in [6.45, 7) is 4.29. The molecule has 10 heteroatoms. The first-order chi connectivity index (χ1) is 13.9. The van der Waals surface area contributed by atoms with Gasteiger partial charge in [0.1, 0.15) is 5.41 Å². The van der Waals surface area contributed by atoms with E-state index in [1.807, 2.05) is 0 Å². The second-order valence-electron chi connectivity index (χ2n) is 7.56. The monoisotopic (exact) mass is 409 g/mol. The van der Waals surface area contributed by atoms with Gasteiger partial charge in [0.05, 0.1) is 6.42 Å². The number of carbonyl (C=O) groups is 5. The Kier molecular flexibility index (Phi) is 8.71. The number of rotatable bonds is 11. The number of hydrazine groups is 1. The lowest BCUT2D eigenvalue weighted by atomic mass is 9.76. The topological polar surface area (TPSA) is 128 Å². The molecule has 2 saturated heterocycles. The molecule has 0 aromatic heterocycles. The molecule has 2 heterocycles. The molecule has 3 N–H and O–H groups in total. The van der Waals surface area contributed by atoms with Gasteiger partial charge in [-0.3, -0.25) is 29.8 Å². The normalized spacial score (nSPS) is 19.4.